The van der Waals surface area contributed by atoms with Crippen molar-refractivity contribution in [3.8, 4) is 0 Å². The maximum absolute atomic E-state index is 11.6. The predicted octanol–water partition coefficient (Wildman–Crippen LogP) is 3.14. The van der Waals surface area contributed by atoms with Crippen LogP contribution in [0.25, 0.3) is 0 Å². The van der Waals surface area contributed by atoms with Crippen molar-refractivity contribution in [3.63, 3.8) is 0 Å². The van der Waals surface area contributed by atoms with Gasteiger partial charge in [-0.1, -0.05) is 27.2 Å². The van der Waals surface area contributed by atoms with Crippen molar-refractivity contribution >= 4 is 17.1 Å². The Kier molecular flexibility index (Phi) is 6.41. The second kappa shape index (κ2) is 6.50. The van der Waals surface area contributed by atoms with Gasteiger partial charge in [0.1, 0.15) is 13.2 Å². The van der Waals surface area contributed by atoms with Crippen LogP contribution >= 0.6 is 11.8 Å². The van der Waals surface area contributed by atoms with E-state index in [0.717, 1.165) is 23.9 Å². The lowest BCUT2D eigenvalue weighted by atomic mass is 10.1. The van der Waals surface area contributed by atoms with E-state index in [2.05, 4.69) is 41.9 Å². The van der Waals surface area contributed by atoms with Gasteiger partial charge in [-0.15, -0.1) is 0 Å². The summed E-state index contributed by atoms with van der Waals surface area (Å²) in [6.07, 6.45) is 2.12. The van der Waals surface area contributed by atoms with Crippen molar-refractivity contribution in [1.82, 2.24) is 0 Å². The van der Waals surface area contributed by atoms with Gasteiger partial charge in [-0.3, -0.25) is 0 Å². The van der Waals surface area contributed by atoms with Gasteiger partial charge < -0.3 is 9.22 Å². The Bertz CT molecular complexity index is 222. The molecule has 0 aromatic heterocycles. The molecule has 0 fully saturated rings. The first kappa shape index (κ1) is 15.8. The summed E-state index contributed by atoms with van der Waals surface area (Å²) in [5.74, 6) is 0. The fraction of sp³-hybridized carbons (Fsp3) is 0.917. The van der Waals surface area contributed by atoms with Gasteiger partial charge in [-0.05, 0) is 18.2 Å². The van der Waals surface area contributed by atoms with Crippen molar-refractivity contribution in [2.75, 3.05) is 34.3 Å². The SMILES string of the molecule is CCCC(C)(C)SC(=O)OCC[N+](C)(C)C. The zero-order chi connectivity index (χ0) is 12.8. The zero-order valence-electron chi connectivity index (χ0n) is 11.5. The molecule has 0 amide bonds. The predicted molar refractivity (Wildman–Crippen MR) is 70.8 cm³/mol. The first-order chi connectivity index (χ1) is 7.16. The topological polar surface area (TPSA) is 26.3 Å². The lowest BCUT2D eigenvalue weighted by Gasteiger charge is -2.24. The Hall–Kier alpha value is -0.220. The van der Waals surface area contributed by atoms with E-state index in [1.54, 1.807) is 0 Å². The Morgan fingerprint density at radius 3 is 2.31 bits per heavy atom. The molecule has 96 valence electrons. The fourth-order valence-electron chi connectivity index (χ4n) is 1.31. The van der Waals surface area contributed by atoms with Gasteiger partial charge in [0.05, 0.1) is 21.1 Å². The lowest BCUT2D eigenvalue weighted by molar-refractivity contribution is -0.870. The second-order valence-corrected chi connectivity index (χ2v) is 7.37. The summed E-state index contributed by atoms with van der Waals surface area (Å²) in [4.78, 5) is 11.6. The average Bonchev–Trinajstić information content (AvgIpc) is 1.99. The maximum Gasteiger partial charge on any atom is 0.368 e. The number of hydrogen-bond donors (Lipinski definition) is 0. The maximum atomic E-state index is 11.6. The summed E-state index contributed by atoms with van der Waals surface area (Å²) in [7, 11) is 6.26. The third kappa shape index (κ3) is 9.04. The Labute approximate surface area is 104 Å². The summed E-state index contributed by atoms with van der Waals surface area (Å²) in [5.41, 5.74) is 0. The van der Waals surface area contributed by atoms with Gasteiger partial charge in [0.15, 0.2) is 0 Å². The smallest absolute Gasteiger partial charge is 0.368 e. The molecule has 0 aliphatic rings. The number of hydrogen-bond acceptors (Lipinski definition) is 3. The molecule has 0 saturated heterocycles. The molecule has 4 heteroatoms. The summed E-state index contributed by atoms with van der Waals surface area (Å²) < 4.78 is 6.01. The molecule has 0 saturated carbocycles. The molecule has 0 atom stereocenters. The average molecular weight is 248 g/mol. The van der Waals surface area contributed by atoms with Crippen LogP contribution in [0.4, 0.5) is 4.79 Å². The van der Waals surface area contributed by atoms with Gasteiger partial charge in [-0.25, -0.2) is 4.79 Å². The van der Waals surface area contributed by atoms with E-state index in [9.17, 15) is 4.79 Å². The molecule has 0 unspecified atom stereocenters. The monoisotopic (exact) mass is 248 g/mol. The molecule has 0 aromatic rings. The van der Waals surface area contributed by atoms with Crippen LogP contribution in [-0.2, 0) is 4.74 Å². The number of nitrogens with zero attached hydrogens (tertiary/aromatic N) is 1. The van der Waals surface area contributed by atoms with Gasteiger partial charge in [0.2, 0.25) is 0 Å². The molecule has 0 rings (SSSR count). The number of carbonyl (C=O) groups excluding carboxylic acids is 1. The quantitative estimate of drug-likeness (QED) is 0.533. The standard InChI is InChI=1S/C12H26NO2S/c1-7-8-12(2,3)16-11(14)15-10-9-13(4,5)6/h7-10H2,1-6H3/q+1. The molecule has 16 heavy (non-hydrogen) atoms. The minimum Gasteiger partial charge on any atom is -0.452 e. The summed E-state index contributed by atoms with van der Waals surface area (Å²) in [6, 6.07) is 0. The van der Waals surface area contributed by atoms with Crippen LogP contribution in [0.5, 0.6) is 0 Å². The summed E-state index contributed by atoms with van der Waals surface area (Å²) in [5, 5.41) is -0.146. The highest BCUT2D eigenvalue weighted by molar-refractivity contribution is 8.14. The van der Waals surface area contributed by atoms with Gasteiger partial charge >= 0.3 is 5.30 Å². The molecule has 0 N–H and O–H groups in total. The van der Waals surface area contributed by atoms with Crippen molar-refractivity contribution < 1.29 is 14.0 Å². The highest BCUT2D eigenvalue weighted by atomic mass is 32.2. The number of carbonyl (C=O) groups is 1. The van der Waals surface area contributed by atoms with Crippen molar-refractivity contribution in [1.29, 1.82) is 0 Å². The van der Waals surface area contributed by atoms with Crippen LogP contribution < -0.4 is 0 Å². The highest BCUT2D eigenvalue weighted by Crippen LogP contribution is 2.30. The first-order valence-corrected chi connectivity index (χ1v) is 6.64. The molecule has 0 radical (unpaired) electrons. The van der Waals surface area contributed by atoms with Crippen LogP contribution in [0.2, 0.25) is 0 Å². The third-order valence-corrected chi connectivity index (χ3v) is 3.23. The molecule has 0 aliphatic heterocycles. The number of ether oxygens (including phenoxy) is 1. The van der Waals surface area contributed by atoms with Crippen LogP contribution in [0, 0.1) is 0 Å². The van der Waals surface area contributed by atoms with E-state index < -0.39 is 0 Å². The van der Waals surface area contributed by atoms with E-state index in [1.165, 1.54) is 11.8 Å². The Morgan fingerprint density at radius 1 is 1.31 bits per heavy atom. The molecular formula is C12H26NO2S+. The Morgan fingerprint density at radius 2 is 1.88 bits per heavy atom. The molecular weight excluding hydrogens is 222 g/mol. The molecule has 0 aromatic carbocycles. The fourth-order valence-corrected chi connectivity index (χ4v) is 2.21. The minimum atomic E-state index is -0.146. The third-order valence-electron chi connectivity index (χ3n) is 2.19. The van der Waals surface area contributed by atoms with Gasteiger partial charge in [0.25, 0.3) is 0 Å². The van der Waals surface area contributed by atoms with E-state index in [4.69, 9.17) is 4.74 Å². The highest BCUT2D eigenvalue weighted by Gasteiger charge is 2.23. The van der Waals surface area contributed by atoms with Crippen molar-refractivity contribution in [3.05, 3.63) is 0 Å². The van der Waals surface area contributed by atoms with E-state index >= 15 is 0 Å². The van der Waals surface area contributed by atoms with Gasteiger partial charge in [-0.2, -0.15) is 0 Å². The zero-order valence-corrected chi connectivity index (χ0v) is 12.3. The molecule has 0 heterocycles. The summed E-state index contributed by atoms with van der Waals surface area (Å²) >= 11 is 1.31. The Balaban J connectivity index is 3.83. The van der Waals surface area contributed by atoms with E-state index in [1.807, 2.05) is 0 Å². The molecule has 0 aliphatic carbocycles. The van der Waals surface area contributed by atoms with Crippen LogP contribution in [0.1, 0.15) is 33.6 Å². The van der Waals surface area contributed by atoms with E-state index in [0.29, 0.717) is 6.61 Å². The molecule has 3 nitrogen and oxygen atoms in total. The van der Waals surface area contributed by atoms with E-state index in [-0.39, 0.29) is 10.0 Å². The summed E-state index contributed by atoms with van der Waals surface area (Å²) in [6.45, 7) is 7.65. The lowest BCUT2D eigenvalue weighted by Crippen LogP contribution is -2.37. The number of rotatable bonds is 6. The second-order valence-electron chi connectivity index (χ2n) is 5.72. The first-order valence-electron chi connectivity index (χ1n) is 5.82. The number of quaternary nitrogens is 1. The largest absolute Gasteiger partial charge is 0.452 e. The van der Waals surface area contributed by atoms with Gasteiger partial charge in [0, 0.05) is 4.75 Å². The van der Waals surface area contributed by atoms with Crippen LogP contribution in [0.15, 0.2) is 0 Å². The van der Waals surface area contributed by atoms with Crippen LogP contribution in [-0.4, -0.2) is 48.8 Å². The normalized spacial score (nSPS) is 12.6. The molecule has 0 bridgehead atoms. The number of thioether (sulfide) groups is 1. The van der Waals surface area contributed by atoms with Crippen molar-refractivity contribution in [2.24, 2.45) is 0 Å². The van der Waals surface area contributed by atoms with Crippen molar-refractivity contribution in [2.45, 2.75) is 38.4 Å². The molecule has 0 spiro atoms. The van der Waals surface area contributed by atoms with Crippen LogP contribution in [0.3, 0.4) is 0 Å². The number of likely N-dealkylation sites (N-methyl/N-ethyl adjacent to an activating group) is 1. The minimum absolute atomic E-state index is 0.0115.